The van der Waals surface area contributed by atoms with E-state index < -0.39 is 6.10 Å². The average molecular weight is 273 g/mol. The van der Waals surface area contributed by atoms with E-state index in [-0.39, 0.29) is 5.91 Å². The van der Waals surface area contributed by atoms with Gasteiger partial charge < -0.3 is 14.1 Å². The quantitative estimate of drug-likeness (QED) is 0.841. The van der Waals surface area contributed by atoms with Gasteiger partial charge in [-0.1, -0.05) is 30.3 Å². The first kappa shape index (κ1) is 14.3. The predicted molar refractivity (Wildman–Crippen MR) is 76.1 cm³/mol. The van der Waals surface area contributed by atoms with Crippen LogP contribution in [-0.4, -0.2) is 25.0 Å². The minimum atomic E-state index is -0.586. The summed E-state index contributed by atoms with van der Waals surface area (Å²) in [5.41, 5.74) is 0.850. The second-order valence-electron chi connectivity index (χ2n) is 4.73. The zero-order valence-corrected chi connectivity index (χ0v) is 12.0. The maximum Gasteiger partial charge on any atom is 0.256 e. The van der Waals surface area contributed by atoms with Gasteiger partial charge in [0.25, 0.3) is 5.91 Å². The fraction of sp³-hybridized carbons (Fsp3) is 0.312. The van der Waals surface area contributed by atoms with Crippen LogP contribution in [0.4, 0.5) is 0 Å². The Morgan fingerprint density at radius 2 is 1.95 bits per heavy atom. The average Bonchev–Trinajstić information content (AvgIpc) is 2.86. The number of aryl methyl sites for hydroxylation is 1. The zero-order chi connectivity index (χ0) is 14.5. The molecular weight excluding hydrogens is 254 g/mol. The topological polar surface area (TPSA) is 42.7 Å². The van der Waals surface area contributed by atoms with Gasteiger partial charge in [-0.3, -0.25) is 4.79 Å². The van der Waals surface area contributed by atoms with Crippen LogP contribution < -0.4 is 0 Å². The van der Waals surface area contributed by atoms with Crippen LogP contribution in [0.1, 0.15) is 23.2 Å². The number of carbonyl (C=O) groups excluding carboxylic acids is 1. The Morgan fingerprint density at radius 1 is 1.25 bits per heavy atom. The molecule has 2 rings (SSSR count). The smallest absolute Gasteiger partial charge is 0.256 e. The Balaban J connectivity index is 2.08. The molecule has 20 heavy (non-hydrogen) atoms. The zero-order valence-electron chi connectivity index (χ0n) is 12.0. The highest BCUT2D eigenvalue weighted by Crippen LogP contribution is 2.20. The summed E-state index contributed by atoms with van der Waals surface area (Å²) in [7, 11) is 3.29. The first-order chi connectivity index (χ1) is 9.61. The van der Waals surface area contributed by atoms with Crippen molar-refractivity contribution >= 4 is 5.91 Å². The molecule has 2 aromatic rings. The molecule has 1 aromatic carbocycles. The molecule has 0 saturated heterocycles. The Labute approximate surface area is 119 Å². The van der Waals surface area contributed by atoms with Crippen LogP contribution in [0.25, 0.3) is 0 Å². The molecule has 1 heterocycles. The molecule has 0 aliphatic heterocycles. The van der Waals surface area contributed by atoms with Crippen molar-refractivity contribution in [3.8, 4) is 0 Å². The van der Waals surface area contributed by atoms with E-state index in [0.717, 1.165) is 17.1 Å². The van der Waals surface area contributed by atoms with Crippen molar-refractivity contribution in [2.24, 2.45) is 0 Å². The molecular formula is C16H19NO3. The second kappa shape index (κ2) is 6.39. The van der Waals surface area contributed by atoms with Gasteiger partial charge in [0, 0.05) is 14.2 Å². The molecule has 0 bridgehead atoms. The van der Waals surface area contributed by atoms with Crippen molar-refractivity contribution in [3.05, 3.63) is 59.5 Å². The largest absolute Gasteiger partial charge is 0.464 e. The molecule has 4 nitrogen and oxygen atoms in total. The van der Waals surface area contributed by atoms with Gasteiger partial charge in [0.2, 0.25) is 0 Å². The number of hydrogen-bond donors (Lipinski definition) is 0. The second-order valence-corrected chi connectivity index (χ2v) is 4.73. The van der Waals surface area contributed by atoms with Gasteiger partial charge >= 0.3 is 0 Å². The van der Waals surface area contributed by atoms with E-state index in [1.165, 1.54) is 0 Å². The fourth-order valence-electron chi connectivity index (χ4n) is 2.09. The molecule has 0 radical (unpaired) electrons. The van der Waals surface area contributed by atoms with Gasteiger partial charge in [0.05, 0.1) is 6.54 Å². The Morgan fingerprint density at radius 3 is 2.50 bits per heavy atom. The van der Waals surface area contributed by atoms with Crippen LogP contribution >= 0.6 is 0 Å². The number of hydrogen-bond acceptors (Lipinski definition) is 3. The van der Waals surface area contributed by atoms with Crippen molar-refractivity contribution < 1.29 is 13.9 Å². The van der Waals surface area contributed by atoms with Crippen molar-refractivity contribution in [2.45, 2.75) is 19.6 Å². The summed E-state index contributed by atoms with van der Waals surface area (Å²) in [4.78, 5) is 14.1. The lowest BCUT2D eigenvalue weighted by Gasteiger charge is -2.22. The maximum absolute atomic E-state index is 12.4. The molecule has 0 fully saturated rings. The van der Waals surface area contributed by atoms with Crippen LogP contribution in [0.3, 0.4) is 0 Å². The van der Waals surface area contributed by atoms with E-state index in [9.17, 15) is 4.79 Å². The highest BCUT2D eigenvalue weighted by molar-refractivity contribution is 5.82. The van der Waals surface area contributed by atoms with Gasteiger partial charge in [-0.25, -0.2) is 0 Å². The summed E-state index contributed by atoms with van der Waals surface area (Å²) < 4.78 is 10.8. The lowest BCUT2D eigenvalue weighted by Crippen LogP contribution is -2.32. The highest BCUT2D eigenvalue weighted by atomic mass is 16.5. The summed E-state index contributed by atoms with van der Waals surface area (Å²) >= 11 is 0. The Hall–Kier alpha value is -2.07. The molecule has 1 amide bonds. The number of benzene rings is 1. The normalized spacial score (nSPS) is 12.2. The molecule has 0 unspecified atom stereocenters. The highest BCUT2D eigenvalue weighted by Gasteiger charge is 2.23. The molecule has 0 aliphatic rings. The summed E-state index contributed by atoms with van der Waals surface area (Å²) in [5, 5.41) is 0. The van der Waals surface area contributed by atoms with Crippen LogP contribution in [0.2, 0.25) is 0 Å². The molecule has 4 heteroatoms. The van der Waals surface area contributed by atoms with Gasteiger partial charge in [-0.15, -0.1) is 0 Å². The van der Waals surface area contributed by atoms with Crippen molar-refractivity contribution in [2.75, 3.05) is 14.2 Å². The number of ether oxygens (including phenoxy) is 1. The van der Waals surface area contributed by atoms with Crippen LogP contribution in [0, 0.1) is 6.92 Å². The third-order valence-electron chi connectivity index (χ3n) is 3.13. The predicted octanol–water partition coefficient (Wildman–Crippen LogP) is 2.93. The van der Waals surface area contributed by atoms with E-state index in [1.54, 1.807) is 19.1 Å². The van der Waals surface area contributed by atoms with Gasteiger partial charge in [-0.2, -0.15) is 0 Å². The van der Waals surface area contributed by atoms with E-state index in [4.69, 9.17) is 9.15 Å². The minimum absolute atomic E-state index is 0.0900. The monoisotopic (exact) mass is 273 g/mol. The van der Waals surface area contributed by atoms with Crippen LogP contribution in [0.15, 0.2) is 46.9 Å². The summed E-state index contributed by atoms with van der Waals surface area (Å²) in [6.07, 6.45) is -0.586. The molecule has 1 atom stereocenters. The number of amides is 1. The third kappa shape index (κ3) is 3.27. The van der Waals surface area contributed by atoms with Gasteiger partial charge in [0.1, 0.15) is 11.5 Å². The number of nitrogens with zero attached hydrogens (tertiary/aromatic N) is 1. The molecule has 0 saturated carbocycles. The number of likely N-dealkylation sites (N-methyl/N-ethyl adjacent to an activating group) is 1. The molecule has 0 N–H and O–H groups in total. The first-order valence-electron chi connectivity index (χ1n) is 6.50. The third-order valence-corrected chi connectivity index (χ3v) is 3.13. The van der Waals surface area contributed by atoms with Crippen molar-refractivity contribution in [1.29, 1.82) is 0 Å². The lowest BCUT2D eigenvalue weighted by atomic mass is 10.1. The lowest BCUT2D eigenvalue weighted by molar-refractivity contribution is -0.141. The Kier molecular flexibility index (Phi) is 4.58. The van der Waals surface area contributed by atoms with Gasteiger partial charge in [0.15, 0.2) is 6.10 Å². The fourth-order valence-corrected chi connectivity index (χ4v) is 2.09. The maximum atomic E-state index is 12.4. The SMILES string of the molecule is CO[C@H](C(=O)N(C)Cc1ccc(C)o1)c1ccccc1. The van der Waals surface area contributed by atoms with E-state index in [2.05, 4.69) is 0 Å². The molecule has 106 valence electrons. The van der Waals surface area contributed by atoms with Crippen molar-refractivity contribution in [1.82, 2.24) is 4.90 Å². The van der Waals surface area contributed by atoms with E-state index >= 15 is 0 Å². The van der Waals surface area contributed by atoms with Crippen LogP contribution in [0.5, 0.6) is 0 Å². The summed E-state index contributed by atoms with van der Waals surface area (Å²) in [5.74, 6) is 1.52. The molecule has 0 aliphatic carbocycles. The van der Waals surface area contributed by atoms with Gasteiger partial charge in [-0.05, 0) is 24.6 Å². The van der Waals surface area contributed by atoms with Crippen molar-refractivity contribution in [3.63, 3.8) is 0 Å². The molecule has 0 spiro atoms. The number of carbonyl (C=O) groups is 1. The first-order valence-corrected chi connectivity index (χ1v) is 6.50. The standard InChI is InChI=1S/C16H19NO3/c1-12-9-10-14(20-12)11-17(2)16(18)15(19-3)13-7-5-4-6-8-13/h4-10,15H,11H2,1-3H3/t15-/m0/s1. The summed E-state index contributed by atoms with van der Waals surface area (Å²) in [6.45, 7) is 2.31. The molecule has 1 aromatic heterocycles. The number of rotatable bonds is 5. The van der Waals surface area contributed by atoms with E-state index in [1.807, 2.05) is 49.4 Å². The minimum Gasteiger partial charge on any atom is -0.464 e. The van der Waals surface area contributed by atoms with Crippen LogP contribution in [-0.2, 0) is 16.1 Å². The summed E-state index contributed by atoms with van der Waals surface area (Å²) in [6, 6.07) is 13.2. The number of methoxy groups -OCH3 is 1. The van der Waals surface area contributed by atoms with E-state index in [0.29, 0.717) is 6.54 Å². The number of furan rings is 1. The Bertz CT molecular complexity index is 562.